The minimum atomic E-state index is 0.175. The fourth-order valence-electron chi connectivity index (χ4n) is 2.81. The van der Waals surface area contributed by atoms with Crippen molar-refractivity contribution >= 4 is 11.6 Å². The summed E-state index contributed by atoms with van der Waals surface area (Å²) in [6.45, 7) is 4.11. The molecule has 1 aromatic carbocycles. The molecule has 2 rings (SSSR count). The number of nitrogens with one attached hydrogen (secondary N) is 1. The van der Waals surface area contributed by atoms with Crippen LogP contribution in [0.25, 0.3) is 0 Å². The van der Waals surface area contributed by atoms with E-state index in [0.717, 1.165) is 11.3 Å². The van der Waals surface area contributed by atoms with Crippen molar-refractivity contribution in [3.63, 3.8) is 0 Å². The van der Waals surface area contributed by atoms with Crippen molar-refractivity contribution in [3.8, 4) is 0 Å². The van der Waals surface area contributed by atoms with E-state index in [1.54, 1.807) is 0 Å². The highest BCUT2D eigenvalue weighted by atomic mass is 16.1. The molecule has 18 heavy (non-hydrogen) atoms. The van der Waals surface area contributed by atoms with Crippen LogP contribution >= 0.6 is 0 Å². The smallest absolute Gasteiger partial charge is 0.224 e. The van der Waals surface area contributed by atoms with Crippen molar-refractivity contribution < 1.29 is 4.79 Å². The van der Waals surface area contributed by atoms with E-state index in [1.807, 2.05) is 19.1 Å². The van der Waals surface area contributed by atoms with Crippen molar-refractivity contribution in [2.45, 2.75) is 52.4 Å². The predicted octanol–water partition coefficient (Wildman–Crippen LogP) is 4.21. The van der Waals surface area contributed by atoms with E-state index in [4.69, 9.17) is 0 Å². The summed E-state index contributed by atoms with van der Waals surface area (Å²) in [7, 11) is 0. The summed E-state index contributed by atoms with van der Waals surface area (Å²) in [6, 6.07) is 6.16. The van der Waals surface area contributed by atoms with Gasteiger partial charge in [-0.05, 0) is 44.2 Å². The van der Waals surface area contributed by atoms with Gasteiger partial charge in [0.2, 0.25) is 5.91 Å². The number of benzene rings is 1. The third-order valence-electron chi connectivity index (χ3n) is 3.85. The van der Waals surface area contributed by atoms with Gasteiger partial charge < -0.3 is 5.32 Å². The molecule has 0 atom stereocenters. The minimum absolute atomic E-state index is 0.175. The zero-order chi connectivity index (χ0) is 13.0. The summed E-state index contributed by atoms with van der Waals surface area (Å²) in [5.74, 6) is 0.776. The largest absolute Gasteiger partial charge is 0.326 e. The Morgan fingerprint density at radius 3 is 2.61 bits per heavy atom. The SMILES string of the molecule is Cc1ccc(NC(=O)CC2CCCCC2)c(C)c1. The maximum atomic E-state index is 12.0. The van der Waals surface area contributed by atoms with Crippen LogP contribution in [0.5, 0.6) is 0 Å². The van der Waals surface area contributed by atoms with E-state index in [9.17, 15) is 4.79 Å². The molecule has 0 unspecified atom stereocenters. The van der Waals surface area contributed by atoms with Crippen LogP contribution in [0.2, 0.25) is 0 Å². The second-order valence-electron chi connectivity index (χ2n) is 5.57. The van der Waals surface area contributed by atoms with Crippen LogP contribution in [-0.4, -0.2) is 5.91 Å². The summed E-state index contributed by atoms with van der Waals surface area (Å²) in [6.07, 6.45) is 7.06. The Morgan fingerprint density at radius 2 is 1.94 bits per heavy atom. The summed E-state index contributed by atoms with van der Waals surface area (Å²) < 4.78 is 0. The molecule has 1 fully saturated rings. The zero-order valence-corrected chi connectivity index (χ0v) is 11.5. The van der Waals surface area contributed by atoms with Gasteiger partial charge in [-0.3, -0.25) is 4.79 Å². The highest BCUT2D eigenvalue weighted by Gasteiger charge is 2.17. The summed E-state index contributed by atoms with van der Waals surface area (Å²) >= 11 is 0. The lowest BCUT2D eigenvalue weighted by Crippen LogP contribution is -2.18. The Labute approximate surface area is 110 Å². The molecule has 0 aliphatic heterocycles. The average molecular weight is 245 g/mol. The van der Waals surface area contributed by atoms with Crippen molar-refractivity contribution in [1.29, 1.82) is 0 Å². The topological polar surface area (TPSA) is 29.1 Å². The van der Waals surface area contributed by atoms with Crippen LogP contribution in [0.15, 0.2) is 18.2 Å². The van der Waals surface area contributed by atoms with E-state index >= 15 is 0 Å². The summed E-state index contributed by atoms with van der Waals surface area (Å²) in [5, 5.41) is 3.05. The average Bonchev–Trinajstić information content (AvgIpc) is 2.34. The molecule has 0 aromatic heterocycles. The van der Waals surface area contributed by atoms with Crippen LogP contribution < -0.4 is 5.32 Å². The Kier molecular flexibility index (Phi) is 4.40. The van der Waals surface area contributed by atoms with Gasteiger partial charge in [-0.25, -0.2) is 0 Å². The number of carbonyl (C=O) groups is 1. The van der Waals surface area contributed by atoms with Crippen molar-refractivity contribution in [2.75, 3.05) is 5.32 Å². The van der Waals surface area contributed by atoms with Gasteiger partial charge in [-0.2, -0.15) is 0 Å². The molecule has 0 spiro atoms. The number of carbonyl (C=O) groups excluding carboxylic acids is 1. The molecular formula is C16H23NO. The highest BCUT2D eigenvalue weighted by molar-refractivity contribution is 5.91. The number of aryl methyl sites for hydroxylation is 2. The van der Waals surface area contributed by atoms with Crippen LogP contribution in [-0.2, 0) is 4.79 Å². The number of hydrogen-bond donors (Lipinski definition) is 1. The van der Waals surface area contributed by atoms with Crippen molar-refractivity contribution in [1.82, 2.24) is 0 Å². The van der Waals surface area contributed by atoms with E-state index < -0.39 is 0 Å². The lowest BCUT2D eigenvalue weighted by Gasteiger charge is -2.21. The number of rotatable bonds is 3. The zero-order valence-electron chi connectivity index (χ0n) is 11.5. The maximum Gasteiger partial charge on any atom is 0.224 e. The first-order chi connectivity index (χ1) is 8.65. The molecule has 1 amide bonds. The summed E-state index contributed by atoms with van der Waals surface area (Å²) in [4.78, 5) is 12.0. The third-order valence-corrected chi connectivity index (χ3v) is 3.85. The number of anilines is 1. The van der Waals surface area contributed by atoms with Gasteiger partial charge >= 0.3 is 0 Å². The van der Waals surface area contributed by atoms with E-state index in [1.165, 1.54) is 37.7 Å². The lowest BCUT2D eigenvalue weighted by molar-refractivity contribution is -0.117. The molecule has 0 bridgehead atoms. The first-order valence-electron chi connectivity index (χ1n) is 7.02. The third kappa shape index (κ3) is 3.59. The van der Waals surface area contributed by atoms with Gasteiger partial charge in [0, 0.05) is 12.1 Å². The monoisotopic (exact) mass is 245 g/mol. The summed E-state index contributed by atoms with van der Waals surface area (Å²) in [5.41, 5.74) is 3.34. The molecule has 1 saturated carbocycles. The fraction of sp³-hybridized carbons (Fsp3) is 0.562. The van der Waals surface area contributed by atoms with Gasteiger partial charge in [0.1, 0.15) is 0 Å². The van der Waals surface area contributed by atoms with Gasteiger partial charge in [0.25, 0.3) is 0 Å². The normalized spacial score (nSPS) is 16.6. The second-order valence-corrected chi connectivity index (χ2v) is 5.57. The van der Waals surface area contributed by atoms with Crippen LogP contribution in [0, 0.1) is 19.8 Å². The van der Waals surface area contributed by atoms with E-state index in [2.05, 4.69) is 18.3 Å². The van der Waals surface area contributed by atoms with Gasteiger partial charge in [-0.1, -0.05) is 37.0 Å². The Hall–Kier alpha value is -1.31. The molecule has 1 N–H and O–H groups in total. The standard InChI is InChI=1S/C16H23NO/c1-12-8-9-15(13(2)10-12)17-16(18)11-14-6-4-3-5-7-14/h8-10,14H,3-7,11H2,1-2H3,(H,17,18). The van der Waals surface area contributed by atoms with Crippen molar-refractivity contribution in [2.24, 2.45) is 5.92 Å². The minimum Gasteiger partial charge on any atom is -0.326 e. The van der Waals surface area contributed by atoms with E-state index in [-0.39, 0.29) is 5.91 Å². The molecule has 1 aliphatic carbocycles. The highest BCUT2D eigenvalue weighted by Crippen LogP contribution is 2.27. The molecule has 0 heterocycles. The van der Waals surface area contributed by atoms with Crippen LogP contribution in [0.3, 0.4) is 0 Å². The Morgan fingerprint density at radius 1 is 1.22 bits per heavy atom. The lowest BCUT2D eigenvalue weighted by atomic mass is 9.87. The second kappa shape index (κ2) is 6.03. The molecule has 98 valence electrons. The van der Waals surface area contributed by atoms with Crippen molar-refractivity contribution in [3.05, 3.63) is 29.3 Å². The molecule has 2 heteroatoms. The molecular weight excluding hydrogens is 222 g/mol. The molecule has 2 nitrogen and oxygen atoms in total. The molecule has 0 radical (unpaired) electrons. The van der Waals surface area contributed by atoms with Crippen LogP contribution in [0.1, 0.15) is 49.7 Å². The Bertz CT molecular complexity index is 419. The van der Waals surface area contributed by atoms with Gasteiger partial charge in [0.15, 0.2) is 0 Å². The number of hydrogen-bond acceptors (Lipinski definition) is 1. The maximum absolute atomic E-state index is 12.0. The van der Waals surface area contributed by atoms with E-state index in [0.29, 0.717) is 12.3 Å². The number of amides is 1. The van der Waals surface area contributed by atoms with Gasteiger partial charge in [0.05, 0.1) is 0 Å². The van der Waals surface area contributed by atoms with Gasteiger partial charge in [-0.15, -0.1) is 0 Å². The predicted molar refractivity (Wildman–Crippen MR) is 75.7 cm³/mol. The quantitative estimate of drug-likeness (QED) is 0.849. The fourth-order valence-corrected chi connectivity index (χ4v) is 2.81. The van der Waals surface area contributed by atoms with Crippen LogP contribution in [0.4, 0.5) is 5.69 Å². The Balaban J connectivity index is 1.90. The first kappa shape index (κ1) is 13.1. The molecule has 1 aromatic rings. The molecule has 0 saturated heterocycles. The first-order valence-corrected chi connectivity index (χ1v) is 7.02. The molecule has 1 aliphatic rings.